The molecule has 0 aliphatic heterocycles. The molecule has 8 aromatic rings. The summed E-state index contributed by atoms with van der Waals surface area (Å²) in [5.74, 6) is 3.24. The average molecular weight is 951 g/mol. The number of ether oxygens (including phenoxy) is 4. The Morgan fingerprint density at radius 3 is 1.45 bits per heavy atom. The molecule has 0 unspecified atom stereocenters. The minimum absolute atomic E-state index is 0. The number of pyridine rings is 1. The van der Waals surface area contributed by atoms with Crippen molar-refractivity contribution in [3.8, 4) is 57.1 Å². The van der Waals surface area contributed by atoms with Gasteiger partial charge in [-0.1, -0.05) is 30.0 Å². The van der Waals surface area contributed by atoms with Crippen LogP contribution in [-0.2, 0) is 20.1 Å². The molecule has 0 bridgehead atoms. The van der Waals surface area contributed by atoms with Crippen LogP contribution in [0.25, 0.3) is 34.1 Å². The van der Waals surface area contributed by atoms with E-state index in [0.717, 1.165) is 79.9 Å². The minimum atomic E-state index is 0. The Morgan fingerprint density at radius 2 is 1.03 bits per heavy atom. The van der Waals surface area contributed by atoms with Crippen molar-refractivity contribution in [3.63, 3.8) is 0 Å². The number of aromatic nitrogens is 7. The van der Waals surface area contributed by atoms with Crippen LogP contribution in [0.2, 0.25) is 0 Å². The molecule has 0 amide bonds. The van der Waals surface area contributed by atoms with Gasteiger partial charge in [0, 0.05) is 61.1 Å². The van der Waals surface area contributed by atoms with Gasteiger partial charge in [0.15, 0.2) is 0 Å². The Labute approximate surface area is 353 Å². The minimum Gasteiger partial charge on any atom is -0.574 e. The summed E-state index contributed by atoms with van der Waals surface area (Å²) in [5, 5.41) is 7.58. The molecular weight excluding hydrogens is 907 g/mol. The predicted octanol–water partition coefficient (Wildman–Crippen LogP) is 7.08. The van der Waals surface area contributed by atoms with Crippen LogP contribution >= 0.6 is 0 Å². The van der Waals surface area contributed by atoms with Gasteiger partial charge in [-0.15, -0.1) is 24.3 Å². The molecule has 4 aromatic heterocycles. The Hall–Kier alpha value is -6.49. The molecule has 4 aromatic carbocycles. The van der Waals surface area contributed by atoms with E-state index in [-0.39, 0.29) is 20.1 Å². The summed E-state index contributed by atoms with van der Waals surface area (Å²) in [7, 11) is 6.66. The zero-order valence-corrected chi connectivity index (χ0v) is 36.0. The summed E-state index contributed by atoms with van der Waals surface area (Å²) in [6.07, 6.45) is 10.1. The molecule has 0 atom stereocenters. The van der Waals surface area contributed by atoms with E-state index in [4.69, 9.17) is 18.9 Å². The van der Waals surface area contributed by atoms with Crippen LogP contribution in [0.1, 0.15) is 22.8 Å². The molecule has 0 saturated carbocycles. The van der Waals surface area contributed by atoms with E-state index in [1.54, 1.807) is 40.8 Å². The molecule has 12 heteroatoms. The maximum atomic E-state index is 5.31. The first-order chi connectivity index (χ1) is 27.7. The van der Waals surface area contributed by atoms with Crippen LogP contribution in [0.3, 0.4) is 0 Å². The number of methoxy groups -OCH3 is 4. The third-order valence-electron chi connectivity index (χ3n) is 9.27. The van der Waals surface area contributed by atoms with Gasteiger partial charge in [-0.05, 0) is 87.6 Å². The van der Waals surface area contributed by atoms with E-state index in [0.29, 0.717) is 0 Å². The topological polar surface area (TPSA) is 94.4 Å². The molecule has 0 N–H and O–H groups in total. The first kappa shape index (κ1) is 42.6. The molecule has 299 valence electrons. The third kappa shape index (κ3) is 9.89. The Morgan fingerprint density at radius 1 is 0.552 bits per heavy atom. The Bertz CT molecular complexity index is 2250. The first-order valence-corrected chi connectivity index (χ1v) is 18.1. The number of benzene rings is 4. The van der Waals surface area contributed by atoms with Crippen molar-refractivity contribution in [2.24, 2.45) is 0 Å². The van der Waals surface area contributed by atoms with Gasteiger partial charge in [-0.2, -0.15) is 24.3 Å². The average Bonchev–Trinajstić information content (AvgIpc) is 4.00. The molecule has 0 aliphatic carbocycles. The third-order valence-corrected chi connectivity index (χ3v) is 9.27. The summed E-state index contributed by atoms with van der Waals surface area (Å²) in [4.78, 5) is 4.12. The van der Waals surface area contributed by atoms with E-state index in [9.17, 15) is 0 Å². The molecule has 0 aliphatic rings. The molecule has 0 spiro atoms. The van der Waals surface area contributed by atoms with Gasteiger partial charge in [-0.25, -0.2) is 0 Å². The van der Waals surface area contributed by atoms with Crippen molar-refractivity contribution in [1.82, 2.24) is 24.3 Å². The standard InChI is InChI=1S/2C19H19N2O2.C8H6N3.Ir/c2*1-14-15(2)21(17-8-6-10-19(12-17)23-4)13-20(14)16-7-5-9-18(11-16)22-3;1-2-5-9-7(3-1)8-4-6-10-11-8;/h2*5-7,9-12H,1-4H3;1-6H;/q3*-1;. The van der Waals surface area contributed by atoms with Gasteiger partial charge in [0.25, 0.3) is 12.7 Å². The van der Waals surface area contributed by atoms with Crippen LogP contribution in [0, 0.1) is 52.5 Å². The molecule has 58 heavy (non-hydrogen) atoms. The molecule has 8 rings (SSSR count). The van der Waals surface area contributed by atoms with Crippen LogP contribution in [0.5, 0.6) is 23.0 Å². The summed E-state index contributed by atoms with van der Waals surface area (Å²) in [6, 6.07) is 41.2. The summed E-state index contributed by atoms with van der Waals surface area (Å²) >= 11 is 0. The van der Waals surface area contributed by atoms with Gasteiger partial charge in [0.2, 0.25) is 0 Å². The molecule has 0 fully saturated rings. The van der Waals surface area contributed by atoms with Gasteiger partial charge < -0.3 is 38.3 Å². The number of nitrogens with zero attached hydrogens (tertiary/aromatic N) is 7. The zero-order valence-electron chi connectivity index (χ0n) is 33.6. The SMILES string of the molecule is COc1cc[c-]c(-n2[c-][n+](-c3cccc(OC)c3)c(C)c2C)c1.COc1cc[c-]c(-n2[c-][n+](-c3cccc(OC)c3)c(C)c2C)c1.[Ir].c1ccc(-c2ccn[n-]2)nc1. The second-order valence-electron chi connectivity index (χ2n) is 12.6. The summed E-state index contributed by atoms with van der Waals surface area (Å²) in [6.45, 7) is 8.27. The normalized spacial score (nSPS) is 10.3. The Kier molecular flexibility index (Phi) is 14.8. The number of imidazole rings is 2. The van der Waals surface area contributed by atoms with E-state index < -0.39 is 0 Å². The molecular formula is C46H44IrN7O4-3. The van der Waals surface area contributed by atoms with Crippen molar-refractivity contribution >= 4 is 0 Å². The van der Waals surface area contributed by atoms with Gasteiger partial charge in [0.1, 0.15) is 11.5 Å². The largest absolute Gasteiger partial charge is 0.574 e. The summed E-state index contributed by atoms with van der Waals surface area (Å²) in [5.41, 5.74) is 9.89. The fourth-order valence-electron chi connectivity index (χ4n) is 5.88. The van der Waals surface area contributed by atoms with Crippen molar-refractivity contribution in [2.75, 3.05) is 28.4 Å². The second kappa shape index (κ2) is 20.1. The van der Waals surface area contributed by atoms with Crippen molar-refractivity contribution in [1.29, 1.82) is 0 Å². The molecule has 1 radical (unpaired) electrons. The van der Waals surface area contributed by atoms with E-state index in [1.807, 2.05) is 127 Å². The van der Waals surface area contributed by atoms with Crippen LogP contribution < -0.4 is 33.2 Å². The first-order valence-electron chi connectivity index (χ1n) is 18.1. The smallest absolute Gasteiger partial charge is 0.267 e. The van der Waals surface area contributed by atoms with Crippen molar-refractivity contribution in [3.05, 3.63) is 169 Å². The number of hydrogen-bond acceptors (Lipinski definition) is 6. The van der Waals surface area contributed by atoms with Crippen molar-refractivity contribution in [2.45, 2.75) is 27.7 Å². The zero-order chi connectivity index (χ0) is 40.3. The predicted molar refractivity (Wildman–Crippen MR) is 216 cm³/mol. The van der Waals surface area contributed by atoms with Crippen LogP contribution in [0.4, 0.5) is 0 Å². The Balaban J connectivity index is 0.000000174. The van der Waals surface area contributed by atoms with Gasteiger partial charge in [-0.3, -0.25) is 14.1 Å². The fraction of sp³-hybridized carbons (Fsp3) is 0.174. The molecule has 0 saturated heterocycles. The molecule has 4 heterocycles. The number of hydrogen-bond donors (Lipinski definition) is 0. The fourth-order valence-corrected chi connectivity index (χ4v) is 5.88. The second-order valence-corrected chi connectivity index (χ2v) is 12.6. The maximum Gasteiger partial charge on any atom is 0.267 e. The molecule has 11 nitrogen and oxygen atoms in total. The monoisotopic (exact) mass is 951 g/mol. The number of rotatable bonds is 9. The van der Waals surface area contributed by atoms with E-state index in [1.165, 1.54) is 0 Å². The van der Waals surface area contributed by atoms with Gasteiger partial charge in [0.05, 0.1) is 51.2 Å². The summed E-state index contributed by atoms with van der Waals surface area (Å²) < 4.78 is 29.2. The van der Waals surface area contributed by atoms with E-state index >= 15 is 0 Å². The van der Waals surface area contributed by atoms with Crippen molar-refractivity contribution < 1.29 is 48.2 Å². The van der Waals surface area contributed by atoms with Crippen LogP contribution in [-0.4, -0.2) is 47.7 Å². The van der Waals surface area contributed by atoms with E-state index in [2.05, 4.69) is 67.7 Å². The van der Waals surface area contributed by atoms with Gasteiger partial charge >= 0.3 is 0 Å². The maximum absolute atomic E-state index is 5.31. The van der Waals surface area contributed by atoms with Crippen LogP contribution in [0.15, 0.2) is 122 Å². The quantitative estimate of drug-likeness (QED) is 0.113.